The first-order chi connectivity index (χ1) is 22.0. The number of likely N-dealkylation sites (tertiary alicyclic amines) is 2. The summed E-state index contributed by atoms with van der Waals surface area (Å²) >= 11 is 25.0. The summed E-state index contributed by atoms with van der Waals surface area (Å²) in [4.78, 5) is 49.7. The molecule has 2 saturated heterocycles. The zero-order valence-electron chi connectivity index (χ0n) is 26.4. The Balaban J connectivity index is 1.44. The van der Waals surface area contributed by atoms with Crippen molar-refractivity contribution in [2.75, 3.05) is 53.9 Å². The lowest BCUT2D eigenvalue weighted by Crippen LogP contribution is -2.52. The van der Waals surface area contributed by atoms with E-state index in [2.05, 4.69) is 15.4 Å². The average molecular weight is 714 g/mol. The summed E-state index contributed by atoms with van der Waals surface area (Å²) in [6, 6.07) is 10.4. The number of halogens is 4. The van der Waals surface area contributed by atoms with Gasteiger partial charge in [-0.1, -0.05) is 57.6 Å². The minimum atomic E-state index is -0.256. The SMILES string of the molecule is CNC(=O)CC1CCCN(C2CCN(CCC(/C(CN(C)C(=O)c3cc(Cl)cc(Cl)c3)=N/OC)c3ccc(Cl)c(Cl)c3)CC2)C1=O. The normalized spacial score (nSPS) is 18.8. The second-order valence-electron chi connectivity index (χ2n) is 11.9. The number of nitrogens with one attached hydrogen (secondary N) is 1. The fourth-order valence-corrected chi connectivity index (χ4v) is 7.24. The number of carbonyl (C=O) groups excluding carboxylic acids is 3. The number of carbonyl (C=O) groups is 3. The molecule has 0 aliphatic carbocycles. The molecule has 2 unspecified atom stereocenters. The van der Waals surface area contributed by atoms with Gasteiger partial charge >= 0.3 is 0 Å². The molecule has 4 rings (SSSR count). The second-order valence-corrected chi connectivity index (χ2v) is 13.6. The van der Waals surface area contributed by atoms with Crippen molar-refractivity contribution >= 4 is 69.8 Å². The van der Waals surface area contributed by atoms with Gasteiger partial charge in [0.15, 0.2) is 0 Å². The Bertz CT molecular complexity index is 1410. The Morgan fingerprint density at radius 1 is 1.02 bits per heavy atom. The molecule has 9 nitrogen and oxygen atoms in total. The number of amides is 3. The first-order valence-corrected chi connectivity index (χ1v) is 17.0. The van der Waals surface area contributed by atoms with Crippen LogP contribution in [-0.4, -0.2) is 98.1 Å². The van der Waals surface area contributed by atoms with Crippen molar-refractivity contribution in [2.45, 2.75) is 50.5 Å². The molecule has 0 saturated carbocycles. The molecule has 0 aromatic heterocycles. The van der Waals surface area contributed by atoms with Gasteiger partial charge in [-0.2, -0.15) is 0 Å². The standard InChI is InChI=1S/C33H41Cl4N5O4/c1-38-31(43)18-22-5-4-11-42(33(22)45)26-8-12-41(13-9-26)14-10-27(21-6-7-28(36)29(37)17-21)30(39-46-3)20-40(2)32(44)23-15-24(34)19-25(35)16-23/h6-7,15-17,19,22,26-27H,4-5,8-14,18,20H2,1-3H3,(H,38,43)/b39-30+. The lowest BCUT2D eigenvalue weighted by Gasteiger charge is -2.42. The highest BCUT2D eigenvalue weighted by Gasteiger charge is 2.36. The minimum absolute atomic E-state index is 0.0904. The van der Waals surface area contributed by atoms with Crippen molar-refractivity contribution in [3.63, 3.8) is 0 Å². The van der Waals surface area contributed by atoms with Crippen molar-refractivity contribution in [3.8, 4) is 0 Å². The van der Waals surface area contributed by atoms with Crippen LogP contribution in [-0.2, 0) is 14.4 Å². The van der Waals surface area contributed by atoms with Gasteiger partial charge in [0.1, 0.15) is 7.11 Å². The molecule has 13 heteroatoms. The summed E-state index contributed by atoms with van der Waals surface area (Å²) < 4.78 is 0. The molecule has 2 aliphatic rings. The molecule has 46 heavy (non-hydrogen) atoms. The Labute approximate surface area is 291 Å². The molecule has 2 atom stereocenters. The summed E-state index contributed by atoms with van der Waals surface area (Å²) in [5, 5.41) is 8.66. The third-order valence-electron chi connectivity index (χ3n) is 8.84. The molecule has 2 heterocycles. The Hall–Kier alpha value is -2.56. The van der Waals surface area contributed by atoms with Gasteiger partial charge in [0.2, 0.25) is 11.8 Å². The molecule has 250 valence electrons. The molecular weight excluding hydrogens is 672 g/mol. The van der Waals surface area contributed by atoms with Crippen molar-refractivity contribution in [1.29, 1.82) is 0 Å². The number of hydrogen-bond acceptors (Lipinski definition) is 6. The van der Waals surface area contributed by atoms with Crippen LogP contribution < -0.4 is 5.32 Å². The van der Waals surface area contributed by atoms with Crippen LogP contribution in [0.3, 0.4) is 0 Å². The zero-order valence-corrected chi connectivity index (χ0v) is 29.4. The smallest absolute Gasteiger partial charge is 0.254 e. The van der Waals surface area contributed by atoms with E-state index in [-0.39, 0.29) is 48.6 Å². The maximum absolute atomic E-state index is 13.3. The number of hydrogen-bond donors (Lipinski definition) is 1. The summed E-state index contributed by atoms with van der Waals surface area (Å²) in [5.41, 5.74) is 1.94. The average Bonchev–Trinajstić information content (AvgIpc) is 3.03. The van der Waals surface area contributed by atoms with Gasteiger partial charge in [0, 0.05) is 73.6 Å². The summed E-state index contributed by atoms with van der Waals surface area (Å²) in [6.45, 7) is 3.38. The van der Waals surface area contributed by atoms with Crippen molar-refractivity contribution in [3.05, 3.63) is 67.6 Å². The summed E-state index contributed by atoms with van der Waals surface area (Å²) in [7, 11) is 4.78. The Kier molecular flexibility index (Phi) is 13.4. The molecule has 2 fully saturated rings. The third kappa shape index (κ3) is 9.50. The number of oxime groups is 1. The van der Waals surface area contributed by atoms with Crippen molar-refractivity contribution in [2.24, 2.45) is 11.1 Å². The maximum atomic E-state index is 13.3. The molecule has 2 aromatic rings. The maximum Gasteiger partial charge on any atom is 0.254 e. The molecule has 0 spiro atoms. The van der Waals surface area contributed by atoms with Crippen molar-refractivity contribution < 1.29 is 19.2 Å². The topological polar surface area (TPSA) is 94.6 Å². The van der Waals surface area contributed by atoms with E-state index in [4.69, 9.17) is 51.2 Å². The monoisotopic (exact) mass is 711 g/mol. The van der Waals surface area contributed by atoms with Gasteiger partial charge in [-0.25, -0.2) is 0 Å². The van der Waals surface area contributed by atoms with E-state index in [1.54, 1.807) is 43.3 Å². The fraction of sp³-hybridized carbons (Fsp3) is 0.515. The van der Waals surface area contributed by atoms with E-state index in [0.717, 1.165) is 57.4 Å². The van der Waals surface area contributed by atoms with E-state index in [1.807, 2.05) is 17.0 Å². The predicted molar refractivity (Wildman–Crippen MR) is 184 cm³/mol. The highest BCUT2D eigenvalue weighted by Crippen LogP contribution is 2.32. The van der Waals surface area contributed by atoms with Gasteiger partial charge in [-0.15, -0.1) is 0 Å². The molecular formula is C33H41Cl4N5O4. The fourth-order valence-electron chi connectivity index (χ4n) is 6.41. The summed E-state index contributed by atoms with van der Waals surface area (Å²) in [5.74, 6) is -0.703. The quantitative estimate of drug-likeness (QED) is 0.204. The van der Waals surface area contributed by atoms with Gasteiger partial charge in [-0.05, 0) is 74.5 Å². The molecule has 2 aromatic carbocycles. The lowest BCUT2D eigenvalue weighted by molar-refractivity contribution is -0.144. The van der Waals surface area contributed by atoms with Crippen LogP contribution >= 0.6 is 46.4 Å². The van der Waals surface area contributed by atoms with Crippen LogP contribution in [0.2, 0.25) is 20.1 Å². The minimum Gasteiger partial charge on any atom is -0.399 e. The molecule has 0 radical (unpaired) electrons. The van der Waals surface area contributed by atoms with E-state index in [9.17, 15) is 14.4 Å². The number of rotatable bonds is 12. The van der Waals surface area contributed by atoms with Crippen molar-refractivity contribution in [1.82, 2.24) is 20.0 Å². The molecule has 0 bridgehead atoms. The van der Waals surface area contributed by atoms with Crippen LogP contribution in [0.25, 0.3) is 0 Å². The van der Waals surface area contributed by atoms with E-state index >= 15 is 0 Å². The number of nitrogens with zero attached hydrogens (tertiary/aromatic N) is 4. The first-order valence-electron chi connectivity index (χ1n) is 15.5. The lowest BCUT2D eigenvalue weighted by atomic mass is 9.89. The largest absolute Gasteiger partial charge is 0.399 e. The van der Waals surface area contributed by atoms with Crippen LogP contribution in [0.1, 0.15) is 60.4 Å². The first kappa shape index (κ1) is 36.3. The van der Waals surface area contributed by atoms with Gasteiger partial charge < -0.3 is 24.9 Å². The van der Waals surface area contributed by atoms with E-state index in [1.165, 1.54) is 7.11 Å². The molecule has 2 aliphatic heterocycles. The van der Waals surface area contributed by atoms with Gasteiger partial charge in [0.05, 0.1) is 22.3 Å². The van der Waals surface area contributed by atoms with Crippen LogP contribution in [0.4, 0.5) is 0 Å². The van der Waals surface area contributed by atoms with Gasteiger partial charge in [0.25, 0.3) is 5.91 Å². The summed E-state index contributed by atoms with van der Waals surface area (Å²) in [6.07, 6.45) is 4.35. The molecule has 1 N–H and O–H groups in total. The predicted octanol–water partition coefficient (Wildman–Crippen LogP) is 6.39. The second kappa shape index (κ2) is 17.0. The Morgan fingerprint density at radius 3 is 2.35 bits per heavy atom. The van der Waals surface area contributed by atoms with Crippen LogP contribution in [0, 0.1) is 5.92 Å². The van der Waals surface area contributed by atoms with Crippen LogP contribution in [0.5, 0.6) is 0 Å². The highest BCUT2D eigenvalue weighted by molar-refractivity contribution is 6.42. The van der Waals surface area contributed by atoms with Crippen LogP contribution in [0.15, 0.2) is 41.6 Å². The third-order valence-corrected chi connectivity index (χ3v) is 10.0. The zero-order chi connectivity index (χ0) is 33.4. The molecule has 3 amide bonds. The van der Waals surface area contributed by atoms with E-state index < -0.39 is 0 Å². The van der Waals surface area contributed by atoms with Gasteiger partial charge in [-0.3, -0.25) is 14.4 Å². The number of piperidine rings is 2. The van der Waals surface area contributed by atoms with E-state index in [0.29, 0.717) is 37.8 Å². The Morgan fingerprint density at radius 2 is 1.72 bits per heavy atom. The number of benzene rings is 2. The highest BCUT2D eigenvalue weighted by atomic mass is 35.5.